The summed E-state index contributed by atoms with van der Waals surface area (Å²) in [6.45, 7) is 8.62. The van der Waals surface area contributed by atoms with Gasteiger partial charge >= 0.3 is 0 Å². The molecule has 0 fully saturated rings. The molecule has 0 saturated heterocycles. The van der Waals surface area contributed by atoms with Crippen LogP contribution >= 0.6 is 0 Å². The second-order valence-corrected chi connectivity index (χ2v) is 6.16. The summed E-state index contributed by atoms with van der Waals surface area (Å²) in [6, 6.07) is 3.95. The minimum atomic E-state index is -0.720. The molecular formula is C19H23FO2. The number of rotatable bonds is 5. The van der Waals surface area contributed by atoms with Crippen molar-refractivity contribution < 1.29 is 13.9 Å². The summed E-state index contributed by atoms with van der Waals surface area (Å²) in [4.78, 5) is 10.9. The molecule has 0 N–H and O–H groups in total. The minimum Gasteiger partial charge on any atom is -0.493 e. The summed E-state index contributed by atoms with van der Waals surface area (Å²) in [5.41, 5.74) is 3.37. The molecule has 2 rings (SSSR count). The van der Waals surface area contributed by atoms with Crippen molar-refractivity contribution in [1.29, 1.82) is 0 Å². The first-order chi connectivity index (χ1) is 10.4. The molecule has 3 heteroatoms. The number of halogens is 1. The molecule has 0 aromatic heterocycles. The van der Waals surface area contributed by atoms with Crippen LogP contribution in [0.4, 0.5) is 4.39 Å². The Morgan fingerprint density at radius 2 is 2.09 bits per heavy atom. The lowest BCUT2D eigenvalue weighted by atomic mass is 9.75. The van der Waals surface area contributed by atoms with Crippen molar-refractivity contribution in [3.05, 3.63) is 40.7 Å². The third kappa shape index (κ3) is 2.99. The molecule has 0 atom stereocenters. The number of benzene rings is 1. The monoisotopic (exact) mass is 302 g/mol. The Morgan fingerprint density at radius 3 is 2.68 bits per heavy atom. The summed E-state index contributed by atoms with van der Waals surface area (Å²) in [6.07, 6.45) is 5.87. The van der Waals surface area contributed by atoms with Gasteiger partial charge in [-0.05, 0) is 48.4 Å². The lowest BCUT2D eigenvalue weighted by Crippen LogP contribution is -2.20. The van der Waals surface area contributed by atoms with E-state index in [0.717, 1.165) is 12.0 Å². The van der Waals surface area contributed by atoms with E-state index in [-0.39, 0.29) is 11.7 Å². The molecule has 22 heavy (non-hydrogen) atoms. The summed E-state index contributed by atoms with van der Waals surface area (Å²) < 4.78 is 19.7. The van der Waals surface area contributed by atoms with Crippen molar-refractivity contribution in [3.8, 4) is 5.75 Å². The zero-order valence-electron chi connectivity index (χ0n) is 13.7. The highest BCUT2D eigenvalue weighted by Gasteiger charge is 2.27. The fourth-order valence-electron chi connectivity index (χ4n) is 2.98. The van der Waals surface area contributed by atoms with Crippen LogP contribution in [0.1, 0.15) is 57.2 Å². The first-order valence-electron chi connectivity index (χ1n) is 7.76. The van der Waals surface area contributed by atoms with E-state index in [1.807, 2.05) is 26.0 Å². The fraction of sp³-hybridized carbons (Fsp3) is 0.421. The first kappa shape index (κ1) is 16.5. The van der Waals surface area contributed by atoms with Crippen LogP contribution in [0.25, 0.3) is 11.6 Å². The van der Waals surface area contributed by atoms with Gasteiger partial charge in [0.05, 0.1) is 6.61 Å². The number of hydrogen-bond donors (Lipinski definition) is 0. The standard InChI is InChI=1S/C19H23FO2/c1-5-14(17(20)12-21)15-10-13-8-7-9-19(3,4)16(13)11-18(15)22-6-2/h7-8,10-12H,5-6,9H2,1-4H3/b17-14+. The van der Waals surface area contributed by atoms with Crippen molar-refractivity contribution in [2.45, 2.75) is 46.0 Å². The number of carbonyl (C=O) groups excluding carboxylic acids is 1. The molecule has 0 unspecified atom stereocenters. The second-order valence-electron chi connectivity index (χ2n) is 6.16. The van der Waals surface area contributed by atoms with E-state index >= 15 is 0 Å². The quantitative estimate of drug-likeness (QED) is 0.560. The van der Waals surface area contributed by atoms with Crippen LogP contribution in [0.3, 0.4) is 0 Å². The van der Waals surface area contributed by atoms with Crippen LogP contribution in [0.5, 0.6) is 5.75 Å². The van der Waals surface area contributed by atoms with Gasteiger partial charge in [-0.25, -0.2) is 4.39 Å². The molecular weight excluding hydrogens is 279 g/mol. The van der Waals surface area contributed by atoms with E-state index in [0.29, 0.717) is 29.9 Å². The first-order valence-corrected chi connectivity index (χ1v) is 7.76. The summed E-state index contributed by atoms with van der Waals surface area (Å²) in [5, 5.41) is 0. The molecule has 118 valence electrons. The van der Waals surface area contributed by atoms with Crippen LogP contribution < -0.4 is 4.74 Å². The van der Waals surface area contributed by atoms with Gasteiger partial charge < -0.3 is 4.74 Å². The smallest absolute Gasteiger partial charge is 0.178 e. The third-order valence-corrected chi connectivity index (χ3v) is 4.18. The van der Waals surface area contributed by atoms with Crippen molar-refractivity contribution in [2.24, 2.45) is 0 Å². The Bertz CT molecular complexity index is 639. The summed E-state index contributed by atoms with van der Waals surface area (Å²) in [7, 11) is 0. The van der Waals surface area contributed by atoms with Gasteiger partial charge in [0.2, 0.25) is 0 Å². The van der Waals surface area contributed by atoms with Crippen molar-refractivity contribution in [2.75, 3.05) is 6.61 Å². The van der Waals surface area contributed by atoms with Gasteiger partial charge in [0.25, 0.3) is 0 Å². The summed E-state index contributed by atoms with van der Waals surface area (Å²) >= 11 is 0. The van der Waals surface area contributed by atoms with Gasteiger partial charge in [0.15, 0.2) is 12.1 Å². The Labute approximate surface area is 131 Å². The molecule has 1 aliphatic carbocycles. The maximum Gasteiger partial charge on any atom is 0.178 e. The van der Waals surface area contributed by atoms with E-state index in [1.165, 1.54) is 5.56 Å². The van der Waals surface area contributed by atoms with Gasteiger partial charge in [-0.15, -0.1) is 0 Å². The van der Waals surface area contributed by atoms with Gasteiger partial charge in [-0.1, -0.05) is 32.9 Å². The van der Waals surface area contributed by atoms with E-state index in [2.05, 4.69) is 26.0 Å². The molecule has 0 bridgehead atoms. The highest BCUT2D eigenvalue weighted by molar-refractivity contribution is 5.88. The van der Waals surface area contributed by atoms with E-state index < -0.39 is 5.83 Å². The Balaban J connectivity index is 2.70. The molecule has 0 heterocycles. The van der Waals surface area contributed by atoms with Crippen LogP contribution in [0.2, 0.25) is 0 Å². The van der Waals surface area contributed by atoms with E-state index in [9.17, 15) is 9.18 Å². The van der Waals surface area contributed by atoms with Gasteiger partial charge in [-0.3, -0.25) is 4.79 Å². The fourth-order valence-corrected chi connectivity index (χ4v) is 2.98. The summed E-state index contributed by atoms with van der Waals surface area (Å²) in [5.74, 6) is -0.0686. The predicted octanol–water partition coefficient (Wildman–Crippen LogP) is 5.07. The third-order valence-electron chi connectivity index (χ3n) is 4.18. The van der Waals surface area contributed by atoms with E-state index in [4.69, 9.17) is 4.74 Å². The number of hydrogen-bond acceptors (Lipinski definition) is 2. The molecule has 0 aliphatic heterocycles. The minimum absolute atomic E-state index is 0.0216. The maximum absolute atomic E-state index is 13.9. The van der Waals surface area contributed by atoms with Crippen LogP contribution in [0.15, 0.2) is 24.0 Å². The van der Waals surface area contributed by atoms with Crippen molar-refractivity contribution >= 4 is 17.9 Å². The predicted molar refractivity (Wildman–Crippen MR) is 88.7 cm³/mol. The largest absolute Gasteiger partial charge is 0.493 e. The number of fused-ring (bicyclic) bond motifs is 1. The number of carbonyl (C=O) groups is 1. The topological polar surface area (TPSA) is 26.3 Å². The number of allylic oxidation sites excluding steroid dienone is 3. The molecule has 1 aromatic rings. The number of aldehydes is 1. The molecule has 0 radical (unpaired) electrons. The Hall–Kier alpha value is -1.90. The van der Waals surface area contributed by atoms with E-state index in [1.54, 1.807) is 0 Å². The normalized spacial score (nSPS) is 16.8. The second kappa shape index (κ2) is 6.47. The van der Waals surface area contributed by atoms with Gasteiger partial charge in [0, 0.05) is 11.1 Å². The highest BCUT2D eigenvalue weighted by Crippen LogP contribution is 2.41. The Kier molecular flexibility index (Phi) is 4.84. The lowest BCUT2D eigenvalue weighted by molar-refractivity contribution is -0.106. The molecule has 1 aliphatic rings. The molecule has 0 spiro atoms. The average Bonchev–Trinajstić information content (AvgIpc) is 2.48. The molecule has 2 nitrogen and oxygen atoms in total. The van der Waals surface area contributed by atoms with Crippen molar-refractivity contribution in [1.82, 2.24) is 0 Å². The lowest BCUT2D eigenvalue weighted by Gasteiger charge is -2.30. The highest BCUT2D eigenvalue weighted by atomic mass is 19.1. The van der Waals surface area contributed by atoms with Gasteiger partial charge in [-0.2, -0.15) is 0 Å². The molecule has 1 aromatic carbocycles. The zero-order valence-corrected chi connectivity index (χ0v) is 13.7. The maximum atomic E-state index is 13.9. The van der Waals surface area contributed by atoms with Crippen molar-refractivity contribution in [3.63, 3.8) is 0 Å². The SMILES string of the molecule is CCOc1cc2c(cc1/C(CC)=C(/F)C=O)C=CCC2(C)C. The van der Waals surface area contributed by atoms with Crippen LogP contribution in [-0.4, -0.2) is 12.9 Å². The van der Waals surface area contributed by atoms with Gasteiger partial charge in [0.1, 0.15) is 5.75 Å². The van der Waals surface area contributed by atoms with Crippen LogP contribution in [-0.2, 0) is 10.2 Å². The molecule has 0 amide bonds. The molecule has 0 saturated carbocycles. The number of ether oxygens (including phenoxy) is 1. The van der Waals surface area contributed by atoms with Crippen LogP contribution in [0, 0.1) is 0 Å². The Morgan fingerprint density at radius 1 is 1.36 bits per heavy atom. The zero-order chi connectivity index (χ0) is 16.3. The average molecular weight is 302 g/mol.